The molecule has 3 heterocycles. The van der Waals surface area contributed by atoms with Crippen LogP contribution in [-0.4, -0.2) is 30.0 Å². The van der Waals surface area contributed by atoms with Crippen LogP contribution >= 0.6 is 23.1 Å². The number of rotatable bonds is 2. The highest BCUT2D eigenvalue weighted by molar-refractivity contribution is 8.00. The molecule has 0 aliphatic carbocycles. The van der Waals surface area contributed by atoms with E-state index in [1.54, 1.807) is 11.8 Å². The third-order valence-electron chi connectivity index (χ3n) is 3.46. The summed E-state index contributed by atoms with van der Waals surface area (Å²) in [5.74, 6) is 0. The van der Waals surface area contributed by atoms with Crippen LogP contribution in [0.2, 0.25) is 0 Å². The van der Waals surface area contributed by atoms with E-state index in [1.807, 2.05) is 24.6 Å². The molecule has 3 N–H and O–H groups in total. The molecule has 2 aliphatic heterocycles. The number of nitrogens with one attached hydrogen (secondary N) is 2. The summed E-state index contributed by atoms with van der Waals surface area (Å²) in [5, 5.41) is 15.4. The number of hydrazine groups is 1. The van der Waals surface area contributed by atoms with Crippen molar-refractivity contribution in [1.82, 2.24) is 15.8 Å². The summed E-state index contributed by atoms with van der Waals surface area (Å²) in [6.07, 6.45) is 6.71. The monoisotopic (exact) mass is 283 g/mol. The molecule has 0 saturated heterocycles. The second-order valence-electron chi connectivity index (χ2n) is 4.50. The molecule has 6 heteroatoms. The van der Waals surface area contributed by atoms with Crippen molar-refractivity contribution in [2.75, 3.05) is 19.8 Å². The Kier molecular flexibility index (Phi) is 3.38. The van der Waals surface area contributed by atoms with Crippen molar-refractivity contribution in [3.63, 3.8) is 0 Å². The molecule has 0 aromatic carbocycles. The van der Waals surface area contributed by atoms with Gasteiger partial charge < -0.3 is 10.5 Å². The molecule has 0 spiro atoms. The van der Waals surface area contributed by atoms with Gasteiger partial charge in [0, 0.05) is 30.2 Å². The number of fused-ring (bicyclic) bond motifs is 1. The fourth-order valence-corrected chi connectivity index (χ4v) is 4.85. The van der Waals surface area contributed by atoms with Crippen LogP contribution in [0.4, 0.5) is 0 Å². The minimum atomic E-state index is -0.509. The van der Waals surface area contributed by atoms with Crippen LogP contribution in [0.3, 0.4) is 0 Å². The smallest absolute Gasteiger partial charge is 0.133 e. The fourth-order valence-electron chi connectivity index (χ4n) is 2.56. The van der Waals surface area contributed by atoms with E-state index >= 15 is 0 Å². The zero-order valence-electron chi connectivity index (χ0n) is 10.4. The number of thiophene rings is 1. The molecule has 2 atom stereocenters. The molecular weight excluding hydrogens is 266 g/mol. The number of aliphatic hydroxyl groups is 1. The number of nitrogens with zero attached hydrogens (tertiary/aromatic N) is 1. The van der Waals surface area contributed by atoms with Gasteiger partial charge in [0.15, 0.2) is 0 Å². The van der Waals surface area contributed by atoms with Gasteiger partial charge in [-0.3, -0.25) is 5.32 Å². The topological polar surface area (TPSA) is 47.5 Å². The fraction of sp³-hybridized carbons (Fsp3) is 0.500. The van der Waals surface area contributed by atoms with Crippen molar-refractivity contribution in [2.24, 2.45) is 0 Å². The predicted molar refractivity (Wildman–Crippen MR) is 75.5 cm³/mol. The van der Waals surface area contributed by atoms with Crippen LogP contribution in [0.15, 0.2) is 16.5 Å². The Balaban J connectivity index is 2.07. The number of aliphatic hydroxyl groups excluding tert-OH is 1. The highest BCUT2D eigenvalue weighted by atomic mass is 32.2. The summed E-state index contributed by atoms with van der Waals surface area (Å²) in [4.78, 5) is 1.36. The highest BCUT2D eigenvalue weighted by Crippen LogP contribution is 2.44. The molecule has 4 nitrogen and oxygen atoms in total. The van der Waals surface area contributed by atoms with Gasteiger partial charge in [-0.1, -0.05) is 0 Å². The molecule has 98 valence electrons. The standard InChI is InChI=1S/C12H17N3OS2/c1-15-8(4-6-14-15)10-7-3-5-13-11(16)9(7)12(17-2)18-10/h4,6,8,11,13-14,16H,3,5H2,1-2H3. The normalized spacial score (nSPS) is 27.3. The van der Waals surface area contributed by atoms with E-state index in [1.165, 1.54) is 14.6 Å². The van der Waals surface area contributed by atoms with Gasteiger partial charge in [-0.2, -0.15) is 0 Å². The van der Waals surface area contributed by atoms with E-state index in [-0.39, 0.29) is 6.04 Å². The van der Waals surface area contributed by atoms with Crippen LogP contribution < -0.4 is 10.7 Å². The first-order chi connectivity index (χ1) is 8.72. The van der Waals surface area contributed by atoms with E-state index in [0.29, 0.717) is 0 Å². The van der Waals surface area contributed by atoms with Crippen LogP contribution in [0.5, 0.6) is 0 Å². The number of likely N-dealkylation sites (N-methyl/N-ethyl adjacent to an activating group) is 1. The van der Waals surface area contributed by atoms with Gasteiger partial charge in [0.1, 0.15) is 6.23 Å². The Bertz CT molecular complexity index is 486. The summed E-state index contributed by atoms with van der Waals surface area (Å²) in [6, 6.07) is 0.287. The second kappa shape index (κ2) is 4.86. The summed E-state index contributed by atoms with van der Waals surface area (Å²) in [5.41, 5.74) is 5.62. The first-order valence-electron chi connectivity index (χ1n) is 5.99. The van der Waals surface area contributed by atoms with Crippen LogP contribution in [0.1, 0.15) is 28.3 Å². The van der Waals surface area contributed by atoms with E-state index in [2.05, 4.69) is 28.1 Å². The maximum absolute atomic E-state index is 10.1. The van der Waals surface area contributed by atoms with Crippen molar-refractivity contribution in [3.05, 3.63) is 28.3 Å². The molecule has 2 aliphatic rings. The molecular formula is C12H17N3OS2. The molecule has 1 aromatic heterocycles. The number of hydrogen-bond donors (Lipinski definition) is 3. The summed E-state index contributed by atoms with van der Waals surface area (Å²) in [7, 11) is 2.05. The zero-order chi connectivity index (χ0) is 12.7. The van der Waals surface area contributed by atoms with Crippen LogP contribution in [0.25, 0.3) is 0 Å². The molecule has 0 bridgehead atoms. The SMILES string of the molecule is CSc1sc(C2C=CNN2C)c2c1C(O)NCC2. The molecule has 0 fully saturated rings. The van der Waals surface area contributed by atoms with Crippen LogP contribution in [0, 0.1) is 0 Å². The molecule has 1 aromatic rings. The Morgan fingerprint density at radius 2 is 2.39 bits per heavy atom. The minimum Gasteiger partial charge on any atom is -0.374 e. The van der Waals surface area contributed by atoms with E-state index in [0.717, 1.165) is 18.5 Å². The van der Waals surface area contributed by atoms with Gasteiger partial charge >= 0.3 is 0 Å². The van der Waals surface area contributed by atoms with E-state index in [4.69, 9.17) is 0 Å². The first kappa shape index (κ1) is 12.5. The van der Waals surface area contributed by atoms with Gasteiger partial charge in [-0.15, -0.1) is 23.1 Å². The summed E-state index contributed by atoms with van der Waals surface area (Å²) in [6.45, 7) is 0.847. The average Bonchev–Trinajstić information content (AvgIpc) is 2.93. The van der Waals surface area contributed by atoms with E-state index < -0.39 is 6.23 Å². The van der Waals surface area contributed by atoms with Gasteiger partial charge in [0.05, 0.1) is 10.3 Å². The third kappa shape index (κ3) is 1.88. The Morgan fingerprint density at radius 1 is 1.56 bits per heavy atom. The molecule has 2 unspecified atom stereocenters. The molecule has 0 saturated carbocycles. The van der Waals surface area contributed by atoms with Gasteiger partial charge in [0.25, 0.3) is 0 Å². The number of hydrogen-bond acceptors (Lipinski definition) is 6. The maximum atomic E-state index is 10.1. The lowest BCUT2D eigenvalue weighted by molar-refractivity contribution is 0.129. The highest BCUT2D eigenvalue weighted by Gasteiger charge is 2.31. The third-order valence-corrected chi connectivity index (χ3v) is 5.91. The lowest BCUT2D eigenvalue weighted by Gasteiger charge is -2.24. The molecule has 0 radical (unpaired) electrons. The molecule has 3 rings (SSSR count). The Labute approximate surface area is 115 Å². The largest absolute Gasteiger partial charge is 0.374 e. The number of thioether (sulfide) groups is 1. The van der Waals surface area contributed by atoms with Crippen molar-refractivity contribution >= 4 is 23.1 Å². The minimum absolute atomic E-state index is 0.287. The molecule has 0 amide bonds. The van der Waals surface area contributed by atoms with E-state index in [9.17, 15) is 5.11 Å². The maximum Gasteiger partial charge on any atom is 0.133 e. The Morgan fingerprint density at radius 3 is 3.06 bits per heavy atom. The van der Waals surface area contributed by atoms with Crippen molar-refractivity contribution in [3.8, 4) is 0 Å². The van der Waals surface area contributed by atoms with Gasteiger partial charge in [0.2, 0.25) is 0 Å². The molecule has 18 heavy (non-hydrogen) atoms. The van der Waals surface area contributed by atoms with Gasteiger partial charge in [-0.05, 0) is 24.3 Å². The van der Waals surface area contributed by atoms with Crippen LogP contribution in [-0.2, 0) is 6.42 Å². The quantitative estimate of drug-likeness (QED) is 0.720. The van der Waals surface area contributed by atoms with Crippen molar-refractivity contribution in [1.29, 1.82) is 0 Å². The first-order valence-corrected chi connectivity index (χ1v) is 8.03. The van der Waals surface area contributed by atoms with Crippen molar-refractivity contribution in [2.45, 2.75) is 22.9 Å². The zero-order valence-corrected chi connectivity index (χ0v) is 12.1. The average molecular weight is 283 g/mol. The summed E-state index contributed by atoms with van der Waals surface area (Å²) < 4.78 is 1.23. The lowest BCUT2D eigenvalue weighted by atomic mass is 9.99. The lowest BCUT2D eigenvalue weighted by Crippen LogP contribution is -2.31. The van der Waals surface area contributed by atoms with Crippen molar-refractivity contribution < 1.29 is 5.11 Å². The predicted octanol–water partition coefficient (Wildman–Crippen LogP) is 1.61. The van der Waals surface area contributed by atoms with Gasteiger partial charge in [-0.25, -0.2) is 5.01 Å². The second-order valence-corrected chi connectivity index (χ2v) is 6.63. The Hall–Kier alpha value is -0.530. The summed E-state index contributed by atoms with van der Waals surface area (Å²) >= 11 is 3.53.